The van der Waals surface area contributed by atoms with Gasteiger partial charge in [0, 0.05) is 19.3 Å². The number of benzene rings is 1. The zero-order valence-electron chi connectivity index (χ0n) is 22.3. The molecule has 2 fully saturated rings. The zero-order chi connectivity index (χ0) is 25.8. The maximum Gasteiger partial charge on any atom is 0.110 e. The molecule has 0 spiro atoms. The van der Waals surface area contributed by atoms with Crippen molar-refractivity contribution < 1.29 is 23.7 Å². The van der Waals surface area contributed by atoms with Crippen LogP contribution in [0, 0.1) is 35.9 Å². The molecule has 0 N–H and O–H groups in total. The van der Waals surface area contributed by atoms with E-state index in [0.29, 0.717) is 50.9 Å². The Morgan fingerprint density at radius 1 is 0.917 bits per heavy atom. The molecule has 36 heavy (non-hydrogen) atoms. The van der Waals surface area contributed by atoms with E-state index in [-0.39, 0.29) is 30.5 Å². The predicted octanol–water partition coefficient (Wildman–Crippen LogP) is 5.88. The van der Waals surface area contributed by atoms with Crippen LogP contribution in [0.2, 0.25) is 0 Å². The van der Waals surface area contributed by atoms with Gasteiger partial charge in [-0.25, -0.2) is 0 Å². The Morgan fingerprint density at radius 2 is 1.56 bits per heavy atom. The Balaban J connectivity index is 1.71. The maximum atomic E-state index is 6.62. The fraction of sp³-hybridized carbons (Fsp3) is 0.613. The Labute approximate surface area is 217 Å². The summed E-state index contributed by atoms with van der Waals surface area (Å²) < 4.78 is 30.0. The summed E-state index contributed by atoms with van der Waals surface area (Å²) in [5.41, 5.74) is 2.29. The molecule has 2 aliphatic heterocycles. The quantitative estimate of drug-likeness (QED) is 0.317. The Morgan fingerprint density at radius 3 is 2.19 bits per heavy atom. The van der Waals surface area contributed by atoms with Gasteiger partial charge in [0.2, 0.25) is 0 Å². The molecule has 0 bridgehead atoms. The molecular formula is C31H42O5. The highest BCUT2D eigenvalue weighted by Gasteiger charge is 2.40. The van der Waals surface area contributed by atoms with E-state index in [2.05, 4.69) is 56.6 Å². The van der Waals surface area contributed by atoms with Crippen molar-refractivity contribution in [1.29, 1.82) is 0 Å². The first-order valence-electron chi connectivity index (χ1n) is 13.4. The lowest BCUT2D eigenvalue weighted by atomic mass is 9.82. The zero-order valence-corrected chi connectivity index (χ0v) is 22.3. The molecule has 1 aromatic carbocycles. The van der Waals surface area contributed by atoms with Gasteiger partial charge in [0.15, 0.2) is 0 Å². The van der Waals surface area contributed by atoms with Gasteiger partial charge in [0.05, 0.1) is 50.3 Å². The maximum absolute atomic E-state index is 6.62. The third-order valence-electron chi connectivity index (χ3n) is 6.92. The molecule has 2 aliphatic rings. The first kappa shape index (κ1) is 28.1. The number of hydrogen-bond acceptors (Lipinski definition) is 5. The van der Waals surface area contributed by atoms with Crippen molar-refractivity contribution in [3.05, 3.63) is 48.0 Å². The molecule has 0 radical (unpaired) electrons. The summed E-state index contributed by atoms with van der Waals surface area (Å²) >= 11 is 0. The van der Waals surface area contributed by atoms with Crippen molar-refractivity contribution in [2.75, 3.05) is 13.2 Å². The van der Waals surface area contributed by atoms with E-state index in [9.17, 15) is 0 Å². The highest BCUT2D eigenvalue weighted by Crippen LogP contribution is 2.37. The Kier molecular flexibility index (Phi) is 11.7. The van der Waals surface area contributed by atoms with Gasteiger partial charge < -0.3 is 23.7 Å². The number of hydrogen-bond donors (Lipinski definition) is 0. The second kappa shape index (κ2) is 15.0. The van der Waals surface area contributed by atoms with Crippen molar-refractivity contribution in [2.45, 2.75) is 96.9 Å². The van der Waals surface area contributed by atoms with Gasteiger partial charge in [-0.3, -0.25) is 0 Å². The van der Waals surface area contributed by atoms with Crippen molar-refractivity contribution in [2.24, 2.45) is 11.8 Å². The normalized spacial score (nSPS) is 29.9. The minimum absolute atomic E-state index is 0.0360. The van der Waals surface area contributed by atoms with Crippen LogP contribution in [0.3, 0.4) is 0 Å². The third kappa shape index (κ3) is 8.59. The molecule has 5 heteroatoms. The topological polar surface area (TPSA) is 46.2 Å². The van der Waals surface area contributed by atoms with Crippen LogP contribution in [0.15, 0.2) is 42.5 Å². The predicted molar refractivity (Wildman–Crippen MR) is 142 cm³/mol. The molecule has 7 atom stereocenters. The molecular weight excluding hydrogens is 452 g/mol. The lowest BCUT2D eigenvalue weighted by Crippen LogP contribution is -2.48. The molecule has 0 saturated carbocycles. The number of rotatable bonds is 9. The van der Waals surface area contributed by atoms with Crippen LogP contribution in [0.25, 0.3) is 0 Å². The molecule has 2 saturated heterocycles. The summed E-state index contributed by atoms with van der Waals surface area (Å²) in [6.45, 7) is 14.5. The van der Waals surface area contributed by atoms with Crippen LogP contribution in [-0.4, -0.2) is 43.7 Å². The largest absolute Gasteiger partial charge is 0.447 e. The molecule has 0 aromatic heterocycles. The monoisotopic (exact) mass is 494 g/mol. The molecule has 1 aromatic rings. The van der Waals surface area contributed by atoms with E-state index >= 15 is 0 Å². The van der Waals surface area contributed by atoms with Gasteiger partial charge in [0.1, 0.15) is 12.2 Å². The minimum atomic E-state index is -0.112. The molecule has 0 unspecified atom stereocenters. The van der Waals surface area contributed by atoms with E-state index < -0.39 is 0 Å². The van der Waals surface area contributed by atoms with E-state index in [4.69, 9.17) is 23.7 Å². The fourth-order valence-electron chi connectivity index (χ4n) is 5.00. The molecule has 2 heterocycles. The van der Waals surface area contributed by atoms with E-state index in [1.54, 1.807) is 0 Å². The Hall–Kier alpha value is -2.44. The van der Waals surface area contributed by atoms with Crippen molar-refractivity contribution in [3.8, 4) is 24.1 Å². The fourth-order valence-corrected chi connectivity index (χ4v) is 5.00. The van der Waals surface area contributed by atoms with Gasteiger partial charge >= 0.3 is 0 Å². The van der Waals surface area contributed by atoms with Gasteiger partial charge in [-0.05, 0) is 49.7 Å². The second-order valence-electron chi connectivity index (χ2n) is 9.80. The molecule has 5 nitrogen and oxygen atoms in total. The molecule has 196 valence electrons. The highest BCUT2D eigenvalue weighted by atomic mass is 16.6. The van der Waals surface area contributed by atoms with Gasteiger partial charge in [-0.2, -0.15) is 0 Å². The van der Waals surface area contributed by atoms with Gasteiger partial charge in [0.25, 0.3) is 0 Å². The van der Waals surface area contributed by atoms with Crippen molar-refractivity contribution in [3.63, 3.8) is 0 Å². The highest BCUT2D eigenvalue weighted by molar-refractivity contribution is 5.14. The Bertz CT molecular complexity index is 921. The molecule has 3 rings (SSSR count). The standard InChI is InChI=1S/C31H42O5/c1-6-32-17-11-15-27-19-23(3)25(5)29(35-27)21-30-31(34-22-26-13-9-8-10-14-26)24(4)20-28(36-30)16-12-18-33-7-2/h8-10,13-14,23-24,27-31H,5-7,15-16,19-22H2,1-4H3/t23-,24-,27+,28+,29-,30+,31+/m1/s1. The van der Waals surface area contributed by atoms with E-state index in [1.807, 2.05) is 32.0 Å². The first-order chi connectivity index (χ1) is 17.5. The molecule has 0 aliphatic carbocycles. The lowest BCUT2D eigenvalue weighted by Gasteiger charge is -2.43. The van der Waals surface area contributed by atoms with Crippen LogP contribution in [0.4, 0.5) is 0 Å². The third-order valence-corrected chi connectivity index (χ3v) is 6.92. The molecule has 0 amide bonds. The summed E-state index contributed by atoms with van der Waals surface area (Å²) in [4.78, 5) is 0. The SMILES string of the molecule is C=C1[C@H](C)C[C@H](CC#COCC)O[C@@H]1C[C@@H]1O[C@@H](CC#COCC)C[C@@H](C)[C@@H]1OCc1ccccc1. The van der Waals surface area contributed by atoms with Crippen LogP contribution >= 0.6 is 0 Å². The van der Waals surface area contributed by atoms with Gasteiger partial charge in [-0.15, -0.1) is 0 Å². The summed E-state index contributed by atoms with van der Waals surface area (Å²) in [7, 11) is 0. The number of ether oxygens (including phenoxy) is 5. The second-order valence-corrected chi connectivity index (χ2v) is 9.80. The smallest absolute Gasteiger partial charge is 0.110 e. The van der Waals surface area contributed by atoms with Crippen molar-refractivity contribution in [1.82, 2.24) is 0 Å². The average molecular weight is 495 g/mol. The summed E-state index contributed by atoms with van der Waals surface area (Å²) in [6.07, 6.45) is 9.21. The first-order valence-corrected chi connectivity index (χ1v) is 13.4. The van der Waals surface area contributed by atoms with Gasteiger partial charge in [-0.1, -0.05) is 62.6 Å². The average Bonchev–Trinajstić information content (AvgIpc) is 2.87. The van der Waals surface area contributed by atoms with Crippen LogP contribution in [0.1, 0.15) is 65.4 Å². The van der Waals surface area contributed by atoms with E-state index in [0.717, 1.165) is 24.0 Å². The van der Waals surface area contributed by atoms with E-state index in [1.165, 1.54) is 0 Å². The lowest BCUT2D eigenvalue weighted by molar-refractivity contribution is -0.180. The summed E-state index contributed by atoms with van der Waals surface area (Å²) in [6, 6.07) is 10.3. The van der Waals surface area contributed by atoms with Crippen LogP contribution < -0.4 is 0 Å². The minimum Gasteiger partial charge on any atom is -0.447 e. The summed E-state index contributed by atoms with van der Waals surface area (Å²) in [5.74, 6) is 6.91. The van der Waals surface area contributed by atoms with Crippen LogP contribution in [-0.2, 0) is 30.3 Å². The summed E-state index contributed by atoms with van der Waals surface area (Å²) in [5, 5.41) is 0. The van der Waals surface area contributed by atoms with Crippen molar-refractivity contribution >= 4 is 0 Å². The van der Waals surface area contributed by atoms with Crippen LogP contribution in [0.5, 0.6) is 0 Å².